The smallest absolute Gasteiger partial charge is 0.305 e. The van der Waals surface area contributed by atoms with Gasteiger partial charge in [0.15, 0.2) is 0 Å². The number of carbonyl (C=O) groups is 1. The third-order valence-electron chi connectivity index (χ3n) is 3.05. The molecule has 0 amide bonds. The second kappa shape index (κ2) is 11.9. The first-order valence-electron chi connectivity index (χ1n) is 7.06. The Morgan fingerprint density at radius 3 is 1.88 bits per heavy atom. The first kappa shape index (κ1) is 16.4. The van der Waals surface area contributed by atoms with Crippen molar-refractivity contribution in [2.45, 2.75) is 83.7 Å². The molecule has 0 fully saturated rings. The zero-order chi connectivity index (χ0) is 12.9. The van der Waals surface area contributed by atoms with Crippen molar-refractivity contribution in [2.75, 3.05) is 0 Å². The average Bonchev–Trinajstić information content (AvgIpc) is 2.26. The monoisotopic (exact) mass is 244 g/mol. The molecule has 1 atom stereocenters. The summed E-state index contributed by atoms with van der Waals surface area (Å²) in [4.78, 5) is 10.3. The largest absolute Gasteiger partial charge is 0.481 e. The topological polar surface area (TPSA) is 57.5 Å². The molecule has 0 aromatic carbocycles. The predicted molar refractivity (Wildman–Crippen MR) is 70.1 cm³/mol. The van der Waals surface area contributed by atoms with Crippen molar-refractivity contribution in [3.8, 4) is 0 Å². The van der Waals surface area contributed by atoms with Crippen LogP contribution in [0.1, 0.15) is 77.6 Å². The Balaban J connectivity index is 3.10. The molecule has 0 bridgehead atoms. The summed E-state index contributed by atoms with van der Waals surface area (Å²) in [6.45, 7) is 2.22. The summed E-state index contributed by atoms with van der Waals surface area (Å²) in [5.41, 5.74) is 0. The van der Waals surface area contributed by atoms with E-state index in [0.29, 0.717) is 6.42 Å². The second-order valence-electron chi connectivity index (χ2n) is 4.87. The zero-order valence-electron chi connectivity index (χ0n) is 11.2. The fraction of sp³-hybridized carbons (Fsp3) is 0.929. The van der Waals surface area contributed by atoms with Gasteiger partial charge in [0.25, 0.3) is 0 Å². The van der Waals surface area contributed by atoms with E-state index in [1.165, 1.54) is 44.9 Å². The summed E-state index contributed by atoms with van der Waals surface area (Å²) in [7, 11) is 0. The fourth-order valence-electron chi connectivity index (χ4n) is 1.99. The van der Waals surface area contributed by atoms with Gasteiger partial charge >= 0.3 is 5.97 Å². The Morgan fingerprint density at radius 2 is 1.41 bits per heavy atom. The lowest BCUT2D eigenvalue weighted by Gasteiger charge is -2.07. The number of hydrogen-bond acceptors (Lipinski definition) is 2. The van der Waals surface area contributed by atoms with Crippen LogP contribution in [-0.4, -0.2) is 22.3 Å². The zero-order valence-corrected chi connectivity index (χ0v) is 11.2. The highest BCUT2D eigenvalue weighted by molar-refractivity contribution is 5.67. The number of carboxylic acid groups (broad SMARTS) is 1. The number of hydrogen-bond donors (Lipinski definition) is 2. The van der Waals surface area contributed by atoms with Gasteiger partial charge in [-0.1, -0.05) is 64.7 Å². The summed E-state index contributed by atoms with van der Waals surface area (Å²) in [5.74, 6) is -0.909. The van der Waals surface area contributed by atoms with Gasteiger partial charge in [-0.05, 0) is 6.42 Å². The van der Waals surface area contributed by atoms with Crippen LogP contribution in [-0.2, 0) is 4.79 Å². The molecular formula is C14H28O3. The van der Waals surface area contributed by atoms with Gasteiger partial charge in [-0.25, -0.2) is 0 Å². The highest BCUT2D eigenvalue weighted by atomic mass is 16.4. The molecule has 0 aliphatic carbocycles. The average molecular weight is 244 g/mol. The van der Waals surface area contributed by atoms with Crippen LogP contribution < -0.4 is 0 Å². The number of unbranched alkanes of at least 4 members (excludes halogenated alkanes) is 8. The van der Waals surface area contributed by atoms with Crippen LogP contribution in [0, 0.1) is 0 Å². The summed E-state index contributed by atoms with van der Waals surface area (Å²) >= 11 is 0. The van der Waals surface area contributed by atoms with Crippen molar-refractivity contribution in [2.24, 2.45) is 0 Å². The number of aliphatic hydroxyl groups excluding tert-OH is 1. The summed E-state index contributed by atoms with van der Waals surface area (Å²) in [5, 5.41) is 17.8. The minimum atomic E-state index is -0.909. The normalized spacial score (nSPS) is 12.6. The van der Waals surface area contributed by atoms with Gasteiger partial charge in [0.2, 0.25) is 0 Å². The van der Waals surface area contributed by atoms with Crippen LogP contribution in [0.5, 0.6) is 0 Å². The standard InChI is InChI=1S/C14H28O3/c1-2-3-4-5-6-7-8-9-10-11-13(15)12-14(16)17/h13,15H,2-12H2,1H3,(H,16,17)/t13-/m0/s1. The maximum Gasteiger partial charge on any atom is 0.305 e. The second-order valence-corrected chi connectivity index (χ2v) is 4.87. The first-order chi connectivity index (χ1) is 8.16. The fourth-order valence-corrected chi connectivity index (χ4v) is 1.99. The molecule has 0 radical (unpaired) electrons. The van der Waals surface area contributed by atoms with Crippen LogP contribution >= 0.6 is 0 Å². The molecule has 0 saturated heterocycles. The van der Waals surface area contributed by atoms with Crippen LogP contribution in [0.2, 0.25) is 0 Å². The molecule has 0 aromatic rings. The van der Waals surface area contributed by atoms with E-state index in [9.17, 15) is 9.90 Å². The van der Waals surface area contributed by atoms with E-state index in [1.54, 1.807) is 0 Å². The third-order valence-corrected chi connectivity index (χ3v) is 3.05. The SMILES string of the molecule is CCCCCCCCCCC[C@H](O)CC(=O)O. The van der Waals surface area contributed by atoms with Crippen molar-refractivity contribution in [3.63, 3.8) is 0 Å². The van der Waals surface area contributed by atoms with Crippen molar-refractivity contribution >= 4 is 5.97 Å². The maximum atomic E-state index is 10.3. The van der Waals surface area contributed by atoms with Crippen LogP contribution in [0.3, 0.4) is 0 Å². The molecule has 0 spiro atoms. The molecule has 0 aliphatic rings. The summed E-state index contributed by atoms with van der Waals surface area (Å²) < 4.78 is 0. The Hall–Kier alpha value is -0.570. The summed E-state index contributed by atoms with van der Waals surface area (Å²) in [6, 6.07) is 0. The van der Waals surface area contributed by atoms with Crippen molar-refractivity contribution in [1.82, 2.24) is 0 Å². The van der Waals surface area contributed by atoms with Crippen LogP contribution in [0.25, 0.3) is 0 Å². The third kappa shape index (κ3) is 13.4. The quantitative estimate of drug-likeness (QED) is 0.514. The lowest BCUT2D eigenvalue weighted by molar-refractivity contribution is -0.139. The number of aliphatic hydroxyl groups is 1. The Kier molecular flexibility index (Phi) is 11.5. The van der Waals surface area contributed by atoms with Crippen molar-refractivity contribution < 1.29 is 15.0 Å². The highest BCUT2D eigenvalue weighted by Crippen LogP contribution is 2.12. The lowest BCUT2D eigenvalue weighted by Crippen LogP contribution is -2.12. The minimum absolute atomic E-state index is 0.114. The number of rotatable bonds is 12. The molecule has 17 heavy (non-hydrogen) atoms. The van der Waals surface area contributed by atoms with Crippen LogP contribution in [0.4, 0.5) is 0 Å². The summed E-state index contributed by atoms with van der Waals surface area (Å²) in [6.07, 6.45) is 11.1. The Morgan fingerprint density at radius 1 is 0.941 bits per heavy atom. The molecule has 0 heterocycles. The van der Waals surface area contributed by atoms with Crippen molar-refractivity contribution in [3.05, 3.63) is 0 Å². The molecule has 102 valence electrons. The molecular weight excluding hydrogens is 216 g/mol. The number of carboxylic acids is 1. The molecule has 2 N–H and O–H groups in total. The van der Waals surface area contributed by atoms with Gasteiger partial charge < -0.3 is 10.2 Å². The van der Waals surface area contributed by atoms with Gasteiger partial charge in [0, 0.05) is 0 Å². The molecule has 0 aliphatic heterocycles. The first-order valence-corrected chi connectivity index (χ1v) is 7.06. The molecule has 0 aromatic heterocycles. The molecule has 0 rings (SSSR count). The van der Waals surface area contributed by atoms with Gasteiger partial charge in [0.05, 0.1) is 12.5 Å². The number of aliphatic carboxylic acids is 1. The van der Waals surface area contributed by atoms with Gasteiger partial charge in [0.1, 0.15) is 0 Å². The van der Waals surface area contributed by atoms with E-state index < -0.39 is 12.1 Å². The van der Waals surface area contributed by atoms with Gasteiger partial charge in [-0.15, -0.1) is 0 Å². The maximum absolute atomic E-state index is 10.3. The minimum Gasteiger partial charge on any atom is -0.481 e. The molecule has 0 unspecified atom stereocenters. The van der Waals surface area contributed by atoms with Gasteiger partial charge in [-0.2, -0.15) is 0 Å². The molecule has 3 nitrogen and oxygen atoms in total. The lowest BCUT2D eigenvalue weighted by atomic mass is 10.0. The molecule has 0 saturated carbocycles. The van der Waals surface area contributed by atoms with Gasteiger partial charge in [-0.3, -0.25) is 4.79 Å². The van der Waals surface area contributed by atoms with E-state index in [-0.39, 0.29) is 6.42 Å². The Labute approximate surface area is 105 Å². The van der Waals surface area contributed by atoms with E-state index in [1.807, 2.05) is 0 Å². The highest BCUT2D eigenvalue weighted by Gasteiger charge is 2.08. The molecule has 3 heteroatoms. The van der Waals surface area contributed by atoms with Crippen LogP contribution in [0.15, 0.2) is 0 Å². The van der Waals surface area contributed by atoms with E-state index in [4.69, 9.17) is 5.11 Å². The Bertz CT molecular complexity index is 180. The van der Waals surface area contributed by atoms with E-state index >= 15 is 0 Å². The van der Waals surface area contributed by atoms with E-state index in [2.05, 4.69) is 6.92 Å². The van der Waals surface area contributed by atoms with E-state index in [0.717, 1.165) is 12.8 Å². The van der Waals surface area contributed by atoms with Crippen molar-refractivity contribution in [1.29, 1.82) is 0 Å². The predicted octanol–water partition coefficient (Wildman–Crippen LogP) is 3.74.